The maximum Gasteiger partial charge on any atom is 0.162 e. The van der Waals surface area contributed by atoms with Crippen molar-refractivity contribution in [2.45, 2.75) is 33.5 Å². The maximum absolute atomic E-state index is 12.0. The minimum Gasteiger partial charge on any atom is -0.349 e. The quantitative estimate of drug-likeness (QED) is 0.672. The van der Waals surface area contributed by atoms with E-state index in [0.29, 0.717) is 13.2 Å². The summed E-state index contributed by atoms with van der Waals surface area (Å²) in [6.07, 6.45) is 1.66. The molecule has 1 aliphatic heterocycles. The van der Waals surface area contributed by atoms with Gasteiger partial charge in [-0.1, -0.05) is 13.0 Å². The van der Waals surface area contributed by atoms with Crippen LogP contribution in [0.15, 0.2) is 12.7 Å². The first-order valence-corrected chi connectivity index (χ1v) is 5.25. The predicted octanol–water partition coefficient (Wildman–Crippen LogP) is 2.17. The van der Waals surface area contributed by atoms with Crippen molar-refractivity contribution < 1.29 is 14.3 Å². The number of allylic oxidation sites excluding steroid dienone is 1. The van der Waals surface area contributed by atoms with Crippen LogP contribution in [0, 0.1) is 11.3 Å². The van der Waals surface area contributed by atoms with Crippen molar-refractivity contribution in [3.63, 3.8) is 0 Å². The number of hydrogen-bond acceptors (Lipinski definition) is 3. The molecule has 0 amide bonds. The smallest absolute Gasteiger partial charge is 0.162 e. The summed E-state index contributed by atoms with van der Waals surface area (Å²) in [7, 11) is 0. The van der Waals surface area contributed by atoms with Gasteiger partial charge in [-0.3, -0.25) is 4.79 Å². The van der Waals surface area contributed by atoms with E-state index in [9.17, 15) is 4.79 Å². The second-order valence-corrected chi connectivity index (χ2v) is 4.93. The Balaban J connectivity index is 2.70. The first-order valence-electron chi connectivity index (χ1n) is 5.25. The van der Waals surface area contributed by atoms with Gasteiger partial charge in [0.1, 0.15) is 5.78 Å². The number of ketones is 1. The molecule has 0 unspecified atom stereocenters. The summed E-state index contributed by atoms with van der Waals surface area (Å²) >= 11 is 0. The number of carbonyl (C=O) groups excluding carboxylic acids is 1. The highest BCUT2D eigenvalue weighted by atomic mass is 16.7. The van der Waals surface area contributed by atoms with Crippen LogP contribution in [-0.4, -0.2) is 24.8 Å². The number of Topliss-reactive ketones (excluding diaryl/α,β-unsaturated/α-hetero) is 1. The summed E-state index contributed by atoms with van der Waals surface area (Å²) in [6, 6.07) is 0. The molecular formula is C12H20O3. The van der Waals surface area contributed by atoms with Crippen molar-refractivity contribution in [2.75, 3.05) is 13.2 Å². The molecule has 0 saturated carbocycles. The van der Waals surface area contributed by atoms with E-state index < -0.39 is 11.2 Å². The summed E-state index contributed by atoms with van der Waals surface area (Å²) in [5.41, 5.74) is -0.539. The summed E-state index contributed by atoms with van der Waals surface area (Å²) < 4.78 is 11.0. The van der Waals surface area contributed by atoms with Gasteiger partial charge < -0.3 is 9.47 Å². The average Bonchev–Trinajstić information content (AvgIpc) is 2.21. The van der Waals surface area contributed by atoms with Crippen LogP contribution in [0.1, 0.15) is 27.7 Å². The molecule has 3 heteroatoms. The topological polar surface area (TPSA) is 35.5 Å². The van der Waals surface area contributed by atoms with Gasteiger partial charge in [0.25, 0.3) is 0 Å². The minimum absolute atomic E-state index is 0.132. The van der Waals surface area contributed by atoms with E-state index in [0.717, 1.165) is 0 Å². The number of hydrogen-bond donors (Lipinski definition) is 0. The van der Waals surface area contributed by atoms with Crippen LogP contribution >= 0.6 is 0 Å². The lowest BCUT2D eigenvalue weighted by Crippen LogP contribution is -2.50. The van der Waals surface area contributed by atoms with Gasteiger partial charge in [-0.05, 0) is 20.8 Å². The summed E-state index contributed by atoms with van der Waals surface area (Å²) in [5.74, 6) is -0.589. The van der Waals surface area contributed by atoms with Crippen molar-refractivity contribution in [1.82, 2.24) is 0 Å². The lowest BCUT2D eigenvalue weighted by molar-refractivity contribution is -0.277. The molecule has 1 saturated heterocycles. The fourth-order valence-corrected chi connectivity index (χ4v) is 1.55. The van der Waals surface area contributed by atoms with Crippen LogP contribution in [0.3, 0.4) is 0 Å². The van der Waals surface area contributed by atoms with Gasteiger partial charge in [-0.2, -0.15) is 0 Å². The molecule has 3 nitrogen and oxygen atoms in total. The van der Waals surface area contributed by atoms with Gasteiger partial charge in [0.2, 0.25) is 0 Å². The van der Waals surface area contributed by atoms with Crippen molar-refractivity contribution >= 4 is 5.78 Å². The third-order valence-electron chi connectivity index (χ3n) is 2.84. The molecule has 1 rings (SSSR count). The SMILES string of the molecule is C=C[C@H](C)C(=O)C1(C)COC(C)(C)OC1. The molecule has 0 aromatic heterocycles. The predicted molar refractivity (Wildman–Crippen MR) is 58.5 cm³/mol. The van der Waals surface area contributed by atoms with Crippen LogP contribution in [0.2, 0.25) is 0 Å². The molecule has 1 aliphatic rings. The summed E-state index contributed by atoms with van der Waals surface area (Å²) in [6.45, 7) is 11.9. The Kier molecular flexibility index (Phi) is 3.36. The van der Waals surface area contributed by atoms with Crippen molar-refractivity contribution in [3.8, 4) is 0 Å². The highest BCUT2D eigenvalue weighted by Gasteiger charge is 2.42. The fourth-order valence-electron chi connectivity index (χ4n) is 1.55. The lowest BCUT2D eigenvalue weighted by atomic mass is 9.80. The molecule has 0 aromatic rings. The van der Waals surface area contributed by atoms with Crippen molar-refractivity contribution in [1.29, 1.82) is 0 Å². The van der Waals surface area contributed by atoms with E-state index in [4.69, 9.17) is 9.47 Å². The zero-order valence-electron chi connectivity index (χ0n) is 10.0. The van der Waals surface area contributed by atoms with E-state index >= 15 is 0 Å². The lowest BCUT2D eigenvalue weighted by Gasteiger charge is -2.41. The van der Waals surface area contributed by atoms with Crippen molar-refractivity contribution in [2.24, 2.45) is 11.3 Å². The minimum atomic E-state index is -0.572. The largest absolute Gasteiger partial charge is 0.349 e. The Hall–Kier alpha value is -0.670. The molecule has 15 heavy (non-hydrogen) atoms. The standard InChI is InChI=1S/C12H20O3/c1-6-9(2)10(13)12(5)7-14-11(3,4)15-8-12/h6,9H,1,7-8H2,2-5H3/t9-/m0/s1. The van der Waals surface area contributed by atoms with Crippen LogP contribution in [-0.2, 0) is 14.3 Å². The van der Waals surface area contributed by atoms with Crippen molar-refractivity contribution in [3.05, 3.63) is 12.7 Å². The maximum atomic E-state index is 12.0. The number of rotatable bonds is 3. The normalized spacial score (nSPS) is 25.6. The summed E-state index contributed by atoms with van der Waals surface area (Å²) in [4.78, 5) is 12.0. The second-order valence-electron chi connectivity index (χ2n) is 4.93. The molecule has 0 bridgehead atoms. The number of carbonyl (C=O) groups is 1. The molecule has 0 aromatic carbocycles. The molecular weight excluding hydrogens is 192 g/mol. The Morgan fingerprint density at radius 3 is 2.20 bits per heavy atom. The molecule has 0 spiro atoms. The molecule has 1 fully saturated rings. The van der Waals surface area contributed by atoms with E-state index in [1.807, 2.05) is 27.7 Å². The van der Waals surface area contributed by atoms with E-state index in [1.165, 1.54) is 0 Å². The van der Waals surface area contributed by atoms with Gasteiger partial charge in [-0.25, -0.2) is 0 Å². The molecule has 0 radical (unpaired) electrons. The Morgan fingerprint density at radius 1 is 1.33 bits per heavy atom. The molecule has 0 aliphatic carbocycles. The number of ether oxygens (including phenoxy) is 2. The zero-order chi connectivity index (χ0) is 11.7. The van der Waals surface area contributed by atoms with E-state index in [-0.39, 0.29) is 11.7 Å². The Labute approximate surface area is 91.4 Å². The molecule has 0 N–H and O–H groups in total. The van der Waals surface area contributed by atoms with Gasteiger partial charge in [0.05, 0.1) is 18.6 Å². The van der Waals surface area contributed by atoms with E-state index in [2.05, 4.69) is 6.58 Å². The third kappa shape index (κ3) is 2.67. The second kappa shape index (κ2) is 4.06. The zero-order valence-corrected chi connectivity index (χ0v) is 10.0. The third-order valence-corrected chi connectivity index (χ3v) is 2.84. The first kappa shape index (κ1) is 12.4. The monoisotopic (exact) mass is 212 g/mol. The highest BCUT2D eigenvalue weighted by Crippen LogP contribution is 2.32. The Morgan fingerprint density at radius 2 is 1.80 bits per heavy atom. The molecule has 86 valence electrons. The van der Waals surface area contributed by atoms with Gasteiger partial charge in [-0.15, -0.1) is 6.58 Å². The van der Waals surface area contributed by atoms with Crippen LogP contribution in [0.5, 0.6) is 0 Å². The van der Waals surface area contributed by atoms with Gasteiger partial charge in [0.15, 0.2) is 5.79 Å². The first-order chi connectivity index (χ1) is 6.81. The van der Waals surface area contributed by atoms with E-state index in [1.54, 1.807) is 6.08 Å². The van der Waals surface area contributed by atoms with Gasteiger partial charge >= 0.3 is 0 Å². The fraction of sp³-hybridized carbons (Fsp3) is 0.750. The summed E-state index contributed by atoms with van der Waals surface area (Å²) in [5, 5.41) is 0. The molecule has 1 atom stereocenters. The highest BCUT2D eigenvalue weighted by molar-refractivity contribution is 5.88. The Bertz CT molecular complexity index is 258. The molecule has 1 heterocycles. The van der Waals surface area contributed by atoms with Gasteiger partial charge in [0, 0.05) is 5.92 Å². The van der Waals surface area contributed by atoms with Crippen LogP contribution in [0.25, 0.3) is 0 Å². The van der Waals surface area contributed by atoms with Crippen LogP contribution < -0.4 is 0 Å². The van der Waals surface area contributed by atoms with Crippen LogP contribution in [0.4, 0.5) is 0 Å². The average molecular weight is 212 g/mol.